The van der Waals surface area contributed by atoms with Gasteiger partial charge in [-0.2, -0.15) is 0 Å². The van der Waals surface area contributed by atoms with Gasteiger partial charge in [-0.15, -0.1) is 0 Å². The van der Waals surface area contributed by atoms with Crippen molar-refractivity contribution in [3.63, 3.8) is 0 Å². The SMILES string of the molecule is CCCOc1ccc(C2CC(=O)NC2C)cc1. The van der Waals surface area contributed by atoms with Crippen LogP contribution in [0, 0.1) is 0 Å². The van der Waals surface area contributed by atoms with Crippen molar-refractivity contribution >= 4 is 5.91 Å². The number of carbonyl (C=O) groups excluding carboxylic acids is 1. The van der Waals surface area contributed by atoms with Crippen LogP contribution in [0.2, 0.25) is 0 Å². The third-order valence-corrected chi connectivity index (χ3v) is 3.18. The third kappa shape index (κ3) is 2.78. The van der Waals surface area contributed by atoms with Gasteiger partial charge in [-0.25, -0.2) is 0 Å². The minimum absolute atomic E-state index is 0.147. The lowest BCUT2D eigenvalue weighted by atomic mass is 9.93. The predicted molar refractivity (Wildman–Crippen MR) is 67.2 cm³/mol. The average Bonchev–Trinajstić information content (AvgIpc) is 2.66. The standard InChI is InChI=1S/C14H19NO2/c1-3-8-17-12-6-4-11(5-7-12)13-9-14(16)15-10(13)2/h4-7,10,13H,3,8-9H2,1-2H3,(H,15,16). The minimum Gasteiger partial charge on any atom is -0.494 e. The van der Waals surface area contributed by atoms with Gasteiger partial charge in [-0.05, 0) is 31.0 Å². The number of hydrogen-bond donors (Lipinski definition) is 1. The molecule has 0 radical (unpaired) electrons. The number of rotatable bonds is 4. The van der Waals surface area contributed by atoms with Crippen LogP contribution in [-0.2, 0) is 4.79 Å². The van der Waals surface area contributed by atoms with E-state index in [0.717, 1.165) is 18.8 Å². The molecule has 92 valence electrons. The Morgan fingerprint density at radius 3 is 2.59 bits per heavy atom. The van der Waals surface area contributed by atoms with Crippen molar-refractivity contribution in [1.29, 1.82) is 0 Å². The highest BCUT2D eigenvalue weighted by atomic mass is 16.5. The average molecular weight is 233 g/mol. The second-order valence-electron chi connectivity index (χ2n) is 4.58. The van der Waals surface area contributed by atoms with Gasteiger partial charge >= 0.3 is 0 Å². The van der Waals surface area contributed by atoms with E-state index in [9.17, 15) is 4.79 Å². The van der Waals surface area contributed by atoms with E-state index in [4.69, 9.17) is 4.74 Å². The minimum atomic E-state index is 0.147. The summed E-state index contributed by atoms with van der Waals surface area (Å²) >= 11 is 0. The van der Waals surface area contributed by atoms with Gasteiger partial charge in [0.15, 0.2) is 0 Å². The van der Waals surface area contributed by atoms with E-state index in [1.165, 1.54) is 5.56 Å². The molecule has 2 unspecified atom stereocenters. The van der Waals surface area contributed by atoms with Crippen molar-refractivity contribution in [2.24, 2.45) is 0 Å². The Hall–Kier alpha value is -1.51. The molecule has 0 aliphatic carbocycles. The predicted octanol–water partition coefficient (Wildman–Crippen LogP) is 2.47. The number of benzene rings is 1. The van der Waals surface area contributed by atoms with E-state index in [1.807, 2.05) is 12.1 Å². The lowest BCUT2D eigenvalue weighted by Crippen LogP contribution is -2.24. The zero-order valence-electron chi connectivity index (χ0n) is 10.4. The third-order valence-electron chi connectivity index (χ3n) is 3.18. The number of carbonyl (C=O) groups is 1. The van der Waals surface area contributed by atoms with Crippen LogP contribution in [0.3, 0.4) is 0 Å². The molecule has 1 heterocycles. The highest BCUT2D eigenvalue weighted by Crippen LogP contribution is 2.29. The summed E-state index contributed by atoms with van der Waals surface area (Å²) in [5.41, 5.74) is 1.21. The maximum absolute atomic E-state index is 11.3. The molecule has 1 amide bonds. The largest absolute Gasteiger partial charge is 0.494 e. The number of ether oxygens (including phenoxy) is 1. The zero-order chi connectivity index (χ0) is 12.3. The molecule has 1 aliphatic heterocycles. The maximum atomic E-state index is 11.3. The van der Waals surface area contributed by atoms with Crippen LogP contribution in [0.1, 0.15) is 38.2 Å². The number of nitrogens with one attached hydrogen (secondary N) is 1. The quantitative estimate of drug-likeness (QED) is 0.867. The number of amides is 1. The molecule has 1 fully saturated rings. The molecular weight excluding hydrogens is 214 g/mol. The zero-order valence-corrected chi connectivity index (χ0v) is 10.4. The van der Waals surface area contributed by atoms with Crippen molar-refractivity contribution in [2.45, 2.75) is 38.6 Å². The van der Waals surface area contributed by atoms with E-state index < -0.39 is 0 Å². The van der Waals surface area contributed by atoms with Crippen LogP contribution in [-0.4, -0.2) is 18.6 Å². The van der Waals surface area contributed by atoms with E-state index >= 15 is 0 Å². The van der Waals surface area contributed by atoms with Crippen molar-refractivity contribution in [1.82, 2.24) is 5.32 Å². The van der Waals surface area contributed by atoms with E-state index in [-0.39, 0.29) is 11.9 Å². The molecule has 1 aromatic carbocycles. The molecule has 1 aromatic rings. The Balaban J connectivity index is 2.05. The molecule has 1 aliphatic rings. The van der Waals surface area contributed by atoms with Crippen LogP contribution < -0.4 is 10.1 Å². The molecule has 0 saturated carbocycles. The first-order chi connectivity index (χ1) is 8.20. The molecule has 2 rings (SSSR count). The number of hydrogen-bond acceptors (Lipinski definition) is 2. The topological polar surface area (TPSA) is 38.3 Å². The summed E-state index contributed by atoms with van der Waals surface area (Å²) in [7, 11) is 0. The summed E-state index contributed by atoms with van der Waals surface area (Å²) < 4.78 is 5.54. The van der Waals surface area contributed by atoms with Crippen molar-refractivity contribution in [2.75, 3.05) is 6.61 Å². The molecule has 17 heavy (non-hydrogen) atoms. The van der Waals surface area contributed by atoms with Gasteiger partial charge in [0.2, 0.25) is 5.91 Å². The summed E-state index contributed by atoms with van der Waals surface area (Å²) in [6.45, 7) is 4.89. The molecule has 2 atom stereocenters. The molecule has 0 bridgehead atoms. The van der Waals surface area contributed by atoms with E-state index in [1.54, 1.807) is 0 Å². The molecule has 0 aromatic heterocycles. The monoisotopic (exact) mass is 233 g/mol. The van der Waals surface area contributed by atoms with Crippen molar-refractivity contribution in [3.05, 3.63) is 29.8 Å². The fraction of sp³-hybridized carbons (Fsp3) is 0.500. The highest BCUT2D eigenvalue weighted by Gasteiger charge is 2.29. The molecule has 1 N–H and O–H groups in total. The normalized spacial score (nSPS) is 23.5. The second kappa shape index (κ2) is 5.21. The fourth-order valence-electron chi connectivity index (χ4n) is 2.23. The Morgan fingerprint density at radius 1 is 1.35 bits per heavy atom. The first kappa shape index (κ1) is 12.0. The molecule has 0 spiro atoms. The van der Waals surface area contributed by atoms with Gasteiger partial charge in [0.1, 0.15) is 5.75 Å². The van der Waals surface area contributed by atoms with Crippen molar-refractivity contribution < 1.29 is 9.53 Å². The van der Waals surface area contributed by atoms with Crippen LogP contribution in [0.15, 0.2) is 24.3 Å². The van der Waals surface area contributed by atoms with Gasteiger partial charge < -0.3 is 10.1 Å². The summed E-state index contributed by atoms with van der Waals surface area (Å²) in [4.78, 5) is 11.3. The lowest BCUT2D eigenvalue weighted by Gasteiger charge is -2.15. The Labute approximate surface area is 102 Å². The van der Waals surface area contributed by atoms with Crippen LogP contribution in [0.5, 0.6) is 5.75 Å². The molecule has 3 heteroatoms. The van der Waals surface area contributed by atoms with Crippen LogP contribution in [0.25, 0.3) is 0 Å². The Bertz CT molecular complexity index is 386. The highest BCUT2D eigenvalue weighted by molar-refractivity contribution is 5.80. The van der Waals surface area contributed by atoms with E-state index in [0.29, 0.717) is 12.3 Å². The van der Waals surface area contributed by atoms with Crippen LogP contribution in [0.4, 0.5) is 0 Å². The second-order valence-corrected chi connectivity index (χ2v) is 4.58. The summed E-state index contributed by atoms with van der Waals surface area (Å²) in [5.74, 6) is 1.34. The Morgan fingerprint density at radius 2 is 2.06 bits per heavy atom. The molecule has 1 saturated heterocycles. The van der Waals surface area contributed by atoms with Gasteiger partial charge in [-0.1, -0.05) is 19.1 Å². The summed E-state index contributed by atoms with van der Waals surface area (Å²) in [5, 5.41) is 2.94. The van der Waals surface area contributed by atoms with Crippen molar-refractivity contribution in [3.8, 4) is 5.75 Å². The van der Waals surface area contributed by atoms with Gasteiger partial charge in [0.25, 0.3) is 0 Å². The van der Waals surface area contributed by atoms with Crippen LogP contribution >= 0.6 is 0 Å². The smallest absolute Gasteiger partial charge is 0.220 e. The fourth-order valence-corrected chi connectivity index (χ4v) is 2.23. The first-order valence-corrected chi connectivity index (χ1v) is 6.23. The maximum Gasteiger partial charge on any atom is 0.220 e. The first-order valence-electron chi connectivity index (χ1n) is 6.23. The summed E-state index contributed by atoms with van der Waals surface area (Å²) in [6.07, 6.45) is 1.61. The lowest BCUT2D eigenvalue weighted by molar-refractivity contribution is -0.119. The van der Waals surface area contributed by atoms with E-state index in [2.05, 4.69) is 31.3 Å². The van der Waals surface area contributed by atoms with Gasteiger partial charge in [0, 0.05) is 18.4 Å². The van der Waals surface area contributed by atoms with Gasteiger partial charge in [-0.3, -0.25) is 4.79 Å². The molecular formula is C14H19NO2. The molecule has 3 nitrogen and oxygen atoms in total. The summed E-state index contributed by atoms with van der Waals surface area (Å²) in [6, 6.07) is 8.32. The van der Waals surface area contributed by atoms with Gasteiger partial charge in [0.05, 0.1) is 6.61 Å². The Kier molecular flexibility index (Phi) is 3.67.